The second-order valence-electron chi connectivity index (χ2n) is 11.4. The molecule has 0 saturated heterocycles. The molecule has 13 heteroatoms. The van der Waals surface area contributed by atoms with E-state index in [1.807, 2.05) is 48.5 Å². The van der Waals surface area contributed by atoms with Crippen LogP contribution in [0.2, 0.25) is 0 Å². The number of anilines is 1. The summed E-state index contributed by atoms with van der Waals surface area (Å²) in [6.07, 6.45) is -2.22. The Hall–Kier alpha value is -4.91. The van der Waals surface area contributed by atoms with E-state index in [9.17, 15) is 22.8 Å². The number of fused-ring (bicyclic) bond motifs is 4. The maximum absolute atomic E-state index is 14.5. The zero-order valence-corrected chi connectivity index (χ0v) is 26.3. The Labute approximate surface area is 268 Å². The molecule has 6 aromatic rings. The van der Waals surface area contributed by atoms with Gasteiger partial charge in [-0.15, -0.1) is 0 Å². The van der Waals surface area contributed by atoms with Crippen LogP contribution in [0.1, 0.15) is 45.2 Å². The fourth-order valence-electron chi connectivity index (χ4n) is 6.22. The summed E-state index contributed by atoms with van der Waals surface area (Å²) in [5.74, 6) is 0.125. The molecule has 46 heavy (non-hydrogen) atoms. The summed E-state index contributed by atoms with van der Waals surface area (Å²) in [5, 5.41) is 16.0. The van der Waals surface area contributed by atoms with Crippen LogP contribution < -0.4 is 10.9 Å². The van der Waals surface area contributed by atoms with Crippen LogP contribution in [-0.2, 0) is 25.6 Å². The summed E-state index contributed by atoms with van der Waals surface area (Å²) < 4.78 is 44.2. The molecule has 4 heterocycles. The number of amides is 1. The number of alkyl halides is 3. The van der Waals surface area contributed by atoms with Crippen LogP contribution in [0.3, 0.4) is 0 Å². The van der Waals surface area contributed by atoms with Gasteiger partial charge in [-0.25, -0.2) is 4.52 Å². The van der Waals surface area contributed by atoms with Crippen LogP contribution in [-0.4, -0.2) is 48.3 Å². The van der Waals surface area contributed by atoms with Gasteiger partial charge in [-0.05, 0) is 55.3 Å². The molecule has 0 fully saturated rings. The number of carbonyl (C=O) groups excluding carboxylic acids is 1. The molecule has 1 amide bonds. The van der Waals surface area contributed by atoms with Crippen LogP contribution in [0, 0.1) is 0 Å². The van der Waals surface area contributed by atoms with Crippen LogP contribution in [0.4, 0.5) is 19.0 Å². The predicted octanol–water partition coefficient (Wildman–Crippen LogP) is 6.36. The molecule has 1 atom stereocenters. The van der Waals surface area contributed by atoms with E-state index in [1.165, 1.54) is 17.0 Å². The maximum Gasteiger partial charge on any atom is 0.417 e. The molecule has 0 saturated carbocycles. The normalized spacial score (nSPS) is 15.0. The number of H-pyrrole nitrogens is 1. The zero-order valence-electron chi connectivity index (χ0n) is 24.7. The van der Waals surface area contributed by atoms with Crippen molar-refractivity contribution in [3.63, 3.8) is 0 Å². The SMILES string of the molecule is CNc1n[nH]c2cc(-n3c(=O)c4c(n5ncc(Cc6ccccc6)c35)CN(C(=O)c3ccc(Br)c(C(F)(F)F)c3)[C@H](C)C4)ccc12. The summed E-state index contributed by atoms with van der Waals surface area (Å²) in [6.45, 7) is 1.79. The average molecular weight is 691 g/mol. The Kier molecular flexibility index (Phi) is 7.23. The van der Waals surface area contributed by atoms with Crippen molar-refractivity contribution in [3.05, 3.63) is 121 Å². The first-order valence-corrected chi connectivity index (χ1v) is 15.4. The molecule has 0 aliphatic carbocycles. The highest BCUT2D eigenvalue weighted by atomic mass is 79.9. The van der Waals surface area contributed by atoms with Gasteiger partial charge in [0, 0.05) is 46.1 Å². The fraction of sp³-hybridized carbons (Fsp3) is 0.212. The van der Waals surface area contributed by atoms with E-state index in [0.29, 0.717) is 34.8 Å². The molecule has 2 N–H and O–H groups in total. The summed E-state index contributed by atoms with van der Waals surface area (Å²) in [4.78, 5) is 29.7. The second-order valence-corrected chi connectivity index (χ2v) is 12.2. The highest BCUT2D eigenvalue weighted by Gasteiger charge is 2.36. The molecule has 0 radical (unpaired) electrons. The standard InChI is InChI=1S/C33H27BrF3N7O2/c1-18-12-24-28(17-42(18)31(45)20-8-11-26(34)25(14-20)33(35,36)37)44-30(21(16-39-44)13-19-6-4-3-5-7-19)43(32(24)46)22-9-10-23-27(15-22)40-41-29(23)38-2/h3-11,14-16,18H,12-13,17H2,1-2H3,(H2,38,40,41)/t18-/m1/s1. The van der Waals surface area contributed by atoms with Crippen molar-refractivity contribution in [2.24, 2.45) is 0 Å². The van der Waals surface area contributed by atoms with Crippen molar-refractivity contribution in [2.45, 2.75) is 38.5 Å². The van der Waals surface area contributed by atoms with Crippen LogP contribution >= 0.6 is 15.9 Å². The van der Waals surface area contributed by atoms with Gasteiger partial charge in [-0.1, -0.05) is 46.3 Å². The number of hydrogen-bond donors (Lipinski definition) is 2. The first-order valence-electron chi connectivity index (χ1n) is 14.6. The largest absolute Gasteiger partial charge is 0.417 e. The van der Waals surface area contributed by atoms with Crippen molar-refractivity contribution in [1.29, 1.82) is 0 Å². The van der Waals surface area contributed by atoms with Crippen LogP contribution in [0.25, 0.3) is 22.2 Å². The van der Waals surface area contributed by atoms with Crippen molar-refractivity contribution < 1.29 is 18.0 Å². The summed E-state index contributed by atoms with van der Waals surface area (Å²) in [5.41, 5.74) is 3.48. The van der Waals surface area contributed by atoms with Crippen LogP contribution in [0.15, 0.2) is 82.2 Å². The third kappa shape index (κ3) is 4.95. The number of hydrogen-bond acceptors (Lipinski definition) is 5. The average Bonchev–Trinajstić information content (AvgIpc) is 3.65. The number of halogens is 4. The van der Waals surface area contributed by atoms with Gasteiger partial charge in [0.15, 0.2) is 5.82 Å². The zero-order chi connectivity index (χ0) is 32.3. The molecule has 0 unspecified atom stereocenters. The number of benzene rings is 3. The molecule has 3 aromatic carbocycles. The number of aromatic nitrogens is 5. The van der Waals surface area contributed by atoms with E-state index in [0.717, 1.165) is 28.1 Å². The third-order valence-electron chi connectivity index (χ3n) is 8.50. The number of nitrogens with one attached hydrogen (secondary N) is 2. The molecule has 0 bridgehead atoms. The summed E-state index contributed by atoms with van der Waals surface area (Å²) in [6, 6.07) is 18.4. The highest BCUT2D eigenvalue weighted by Crippen LogP contribution is 2.36. The number of rotatable bonds is 5. The molecular formula is C33H27BrF3N7O2. The second kappa shape index (κ2) is 11.2. The molecule has 0 spiro atoms. The lowest BCUT2D eigenvalue weighted by Gasteiger charge is -2.35. The molecule has 1 aliphatic rings. The molecule has 7 rings (SSSR count). The number of aromatic amines is 1. The van der Waals surface area contributed by atoms with E-state index < -0.39 is 23.7 Å². The van der Waals surface area contributed by atoms with E-state index in [4.69, 9.17) is 5.10 Å². The van der Waals surface area contributed by atoms with Gasteiger partial charge < -0.3 is 10.2 Å². The predicted molar refractivity (Wildman–Crippen MR) is 171 cm³/mol. The van der Waals surface area contributed by atoms with Gasteiger partial charge >= 0.3 is 6.18 Å². The minimum atomic E-state index is -4.63. The quantitative estimate of drug-likeness (QED) is 0.219. The lowest BCUT2D eigenvalue weighted by Crippen LogP contribution is -2.46. The number of nitrogens with zero attached hydrogens (tertiary/aromatic N) is 5. The maximum atomic E-state index is 14.5. The van der Waals surface area contributed by atoms with Gasteiger partial charge in [0.2, 0.25) is 0 Å². The van der Waals surface area contributed by atoms with Gasteiger partial charge in [0.25, 0.3) is 11.5 Å². The summed E-state index contributed by atoms with van der Waals surface area (Å²) >= 11 is 2.95. The third-order valence-corrected chi connectivity index (χ3v) is 9.20. The molecule has 1 aliphatic heterocycles. The Morgan fingerprint density at radius 3 is 2.63 bits per heavy atom. The molecular weight excluding hydrogens is 663 g/mol. The van der Waals surface area contributed by atoms with E-state index in [-0.39, 0.29) is 28.6 Å². The molecule has 234 valence electrons. The van der Waals surface area contributed by atoms with Crippen LogP contribution in [0.5, 0.6) is 0 Å². The Balaban J connectivity index is 1.38. The van der Waals surface area contributed by atoms with E-state index in [1.54, 1.807) is 29.3 Å². The molecule has 3 aromatic heterocycles. The van der Waals surface area contributed by atoms with Crippen molar-refractivity contribution >= 4 is 44.2 Å². The first-order chi connectivity index (χ1) is 22.0. The topological polar surface area (TPSA) is 100 Å². The number of carbonyl (C=O) groups is 1. The lowest BCUT2D eigenvalue weighted by atomic mass is 9.97. The van der Waals surface area contributed by atoms with Crippen molar-refractivity contribution in [1.82, 2.24) is 29.3 Å². The minimum absolute atomic E-state index is 0.00308. The fourth-order valence-corrected chi connectivity index (χ4v) is 6.69. The Morgan fingerprint density at radius 1 is 1.11 bits per heavy atom. The summed E-state index contributed by atoms with van der Waals surface area (Å²) in [7, 11) is 1.78. The minimum Gasteiger partial charge on any atom is -0.371 e. The lowest BCUT2D eigenvalue weighted by molar-refractivity contribution is -0.138. The Bertz CT molecular complexity index is 2210. The Morgan fingerprint density at radius 2 is 1.89 bits per heavy atom. The smallest absolute Gasteiger partial charge is 0.371 e. The van der Waals surface area contributed by atoms with Crippen molar-refractivity contribution in [3.8, 4) is 5.69 Å². The van der Waals surface area contributed by atoms with Gasteiger partial charge in [-0.2, -0.15) is 23.4 Å². The molecule has 9 nitrogen and oxygen atoms in total. The first kappa shape index (κ1) is 29.8. The monoisotopic (exact) mass is 689 g/mol. The van der Waals surface area contributed by atoms with Gasteiger partial charge in [-0.3, -0.25) is 19.3 Å². The highest BCUT2D eigenvalue weighted by molar-refractivity contribution is 9.10. The van der Waals surface area contributed by atoms with Gasteiger partial charge in [0.1, 0.15) is 5.65 Å². The van der Waals surface area contributed by atoms with Crippen molar-refractivity contribution in [2.75, 3.05) is 12.4 Å². The van der Waals surface area contributed by atoms with Gasteiger partial charge in [0.05, 0.1) is 35.2 Å². The van der Waals surface area contributed by atoms with E-state index >= 15 is 0 Å². The van der Waals surface area contributed by atoms with E-state index in [2.05, 4.69) is 31.4 Å².